The standard InChI is InChI=1S/C22H20INO4/c1-4-27-20-13-15(12-18(23)22(20)28-14(2)25)8-10-17-11-9-16-6-5-7-19(26-3)21(16)24-17/h5-13H,4H2,1-3H3. The van der Waals surface area contributed by atoms with Crippen molar-refractivity contribution < 1.29 is 19.0 Å². The molecule has 0 fully saturated rings. The summed E-state index contributed by atoms with van der Waals surface area (Å²) in [5.74, 6) is 1.35. The normalized spacial score (nSPS) is 11.0. The van der Waals surface area contributed by atoms with Crippen LogP contribution in [-0.2, 0) is 4.79 Å². The van der Waals surface area contributed by atoms with E-state index in [4.69, 9.17) is 14.2 Å². The number of para-hydroxylation sites is 1. The Bertz CT molecular complexity index is 1050. The van der Waals surface area contributed by atoms with E-state index in [1.165, 1.54) is 6.92 Å². The number of pyridine rings is 1. The van der Waals surface area contributed by atoms with Gasteiger partial charge in [0.25, 0.3) is 0 Å². The molecule has 0 aliphatic carbocycles. The average Bonchev–Trinajstić information content (AvgIpc) is 2.68. The van der Waals surface area contributed by atoms with Crippen LogP contribution in [0.2, 0.25) is 0 Å². The second kappa shape index (κ2) is 9.05. The maximum atomic E-state index is 11.4. The van der Waals surface area contributed by atoms with Gasteiger partial charge in [-0.3, -0.25) is 4.79 Å². The molecule has 0 atom stereocenters. The summed E-state index contributed by atoms with van der Waals surface area (Å²) in [6, 6.07) is 13.6. The molecule has 0 aliphatic rings. The Labute approximate surface area is 177 Å². The molecule has 0 saturated carbocycles. The van der Waals surface area contributed by atoms with Crippen LogP contribution in [0.1, 0.15) is 25.1 Å². The first-order valence-corrected chi connectivity index (χ1v) is 9.86. The highest BCUT2D eigenvalue weighted by atomic mass is 127. The second-order valence-electron chi connectivity index (χ2n) is 5.96. The number of ether oxygens (including phenoxy) is 3. The van der Waals surface area contributed by atoms with E-state index in [1.807, 2.05) is 61.5 Å². The smallest absolute Gasteiger partial charge is 0.308 e. The predicted molar refractivity (Wildman–Crippen MR) is 119 cm³/mol. The number of halogens is 1. The van der Waals surface area contributed by atoms with Gasteiger partial charge in [-0.15, -0.1) is 0 Å². The van der Waals surface area contributed by atoms with Crippen LogP contribution in [0.25, 0.3) is 23.1 Å². The number of carbonyl (C=O) groups is 1. The van der Waals surface area contributed by atoms with Crippen molar-refractivity contribution in [3.05, 3.63) is 57.3 Å². The minimum atomic E-state index is -0.378. The zero-order chi connectivity index (χ0) is 20.1. The molecule has 0 spiro atoms. The monoisotopic (exact) mass is 489 g/mol. The Morgan fingerprint density at radius 1 is 1.14 bits per heavy atom. The highest BCUT2D eigenvalue weighted by Gasteiger charge is 2.13. The van der Waals surface area contributed by atoms with E-state index in [2.05, 4.69) is 27.6 Å². The largest absolute Gasteiger partial charge is 0.494 e. The molecule has 0 radical (unpaired) electrons. The molecule has 6 heteroatoms. The minimum Gasteiger partial charge on any atom is -0.494 e. The van der Waals surface area contributed by atoms with Crippen molar-refractivity contribution in [1.82, 2.24) is 4.98 Å². The van der Waals surface area contributed by atoms with E-state index in [1.54, 1.807) is 7.11 Å². The molecule has 0 aliphatic heterocycles. The highest BCUT2D eigenvalue weighted by Crippen LogP contribution is 2.35. The molecule has 0 bridgehead atoms. The van der Waals surface area contributed by atoms with Gasteiger partial charge in [0.1, 0.15) is 11.3 Å². The summed E-state index contributed by atoms with van der Waals surface area (Å²) in [4.78, 5) is 16.0. The molecular formula is C22H20INO4. The molecule has 0 amide bonds. The summed E-state index contributed by atoms with van der Waals surface area (Å²) in [6.45, 7) is 3.74. The van der Waals surface area contributed by atoms with Crippen LogP contribution in [0.4, 0.5) is 0 Å². The van der Waals surface area contributed by atoms with E-state index in [0.29, 0.717) is 18.1 Å². The number of methoxy groups -OCH3 is 1. The average molecular weight is 489 g/mol. The first kappa shape index (κ1) is 20.1. The lowest BCUT2D eigenvalue weighted by atomic mass is 10.1. The molecule has 5 nitrogen and oxygen atoms in total. The van der Waals surface area contributed by atoms with Gasteiger partial charge in [-0.2, -0.15) is 0 Å². The summed E-state index contributed by atoms with van der Waals surface area (Å²) in [5.41, 5.74) is 2.56. The SMILES string of the molecule is CCOc1cc(C=Cc2ccc3cccc(OC)c3n2)cc(I)c1OC(C)=O. The third kappa shape index (κ3) is 4.62. The van der Waals surface area contributed by atoms with Crippen LogP contribution < -0.4 is 14.2 Å². The fraction of sp³-hybridized carbons (Fsp3) is 0.182. The predicted octanol–water partition coefficient (Wildman–Crippen LogP) is 5.34. The molecule has 3 rings (SSSR count). The summed E-state index contributed by atoms with van der Waals surface area (Å²) < 4.78 is 17.2. The Kier molecular flexibility index (Phi) is 6.51. The van der Waals surface area contributed by atoms with Gasteiger partial charge in [-0.1, -0.05) is 24.3 Å². The Balaban J connectivity index is 1.95. The van der Waals surface area contributed by atoms with Crippen LogP contribution in [0, 0.1) is 3.57 Å². The van der Waals surface area contributed by atoms with Crippen LogP contribution in [-0.4, -0.2) is 24.7 Å². The van der Waals surface area contributed by atoms with Gasteiger partial charge in [0, 0.05) is 12.3 Å². The molecule has 28 heavy (non-hydrogen) atoms. The van der Waals surface area contributed by atoms with Crippen molar-refractivity contribution in [2.45, 2.75) is 13.8 Å². The Hall–Kier alpha value is -2.61. The van der Waals surface area contributed by atoms with Crippen LogP contribution in [0.3, 0.4) is 0 Å². The molecule has 1 heterocycles. The van der Waals surface area contributed by atoms with Crippen LogP contribution >= 0.6 is 22.6 Å². The van der Waals surface area contributed by atoms with Crippen molar-refractivity contribution in [2.24, 2.45) is 0 Å². The van der Waals surface area contributed by atoms with Crippen molar-refractivity contribution in [2.75, 3.05) is 13.7 Å². The first-order valence-electron chi connectivity index (χ1n) is 8.78. The molecule has 1 aromatic heterocycles. The Morgan fingerprint density at radius 3 is 2.68 bits per heavy atom. The van der Waals surface area contributed by atoms with Crippen molar-refractivity contribution in [3.63, 3.8) is 0 Å². The maximum absolute atomic E-state index is 11.4. The number of hydrogen-bond donors (Lipinski definition) is 0. The zero-order valence-electron chi connectivity index (χ0n) is 15.9. The van der Waals surface area contributed by atoms with Crippen LogP contribution in [0.15, 0.2) is 42.5 Å². The lowest BCUT2D eigenvalue weighted by Crippen LogP contribution is -2.06. The lowest BCUT2D eigenvalue weighted by molar-refractivity contribution is -0.132. The van der Waals surface area contributed by atoms with Gasteiger partial charge < -0.3 is 14.2 Å². The number of aromatic nitrogens is 1. The van der Waals surface area contributed by atoms with E-state index < -0.39 is 0 Å². The summed E-state index contributed by atoms with van der Waals surface area (Å²) in [5, 5.41) is 1.02. The number of rotatable bonds is 6. The van der Waals surface area contributed by atoms with Crippen molar-refractivity contribution >= 4 is 51.6 Å². The van der Waals surface area contributed by atoms with Gasteiger partial charge in [0.2, 0.25) is 0 Å². The molecule has 2 aromatic carbocycles. The van der Waals surface area contributed by atoms with Gasteiger partial charge in [0.05, 0.1) is 23.0 Å². The first-order chi connectivity index (χ1) is 13.5. The number of carbonyl (C=O) groups excluding carboxylic acids is 1. The lowest BCUT2D eigenvalue weighted by Gasteiger charge is -2.12. The van der Waals surface area contributed by atoms with Gasteiger partial charge >= 0.3 is 5.97 Å². The third-order valence-corrected chi connectivity index (χ3v) is 4.75. The van der Waals surface area contributed by atoms with Gasteiger partial charge in [-0.25, -0.2) is 4.98 Å². The highest BCUT2D eigenvalue weighted by molar-refractivity contribution is 14.1. The van der Waals surface area contributed by atoms with Crippen molar-refractivity contribution in [1.29, 1.82) is 0 Å². The number of nitrogens with zero attached hydrogens (tertiary/aromatic N) is 1. The number of hydrogen-bond acceptors (Lipinski definition) is 5. The summed E-state index contributed by atoms with van der Waals surface area (Å²) >= 11 is 2.14. The quantitative estimate of drug-likeness (QED) is 0.266. The molecule has 0 N–H and O–H groups in total. The third-order valence-electron chi connectivity index (χ3n) is 3.95. The fourth-order valence-electron chi connectivity index (χ4n) is 2.76. The molecule has 0 saturated heterocycles. The molecular weight excluding hydrogens is 469 g/mol. The van der Waals surface area contributed by atoms with E-state index in [-0.39, 0.29) is 5.97 Å². The fourth-order valence-corrected chi connectivity index (χ4v) is 3.50. The topological polar surface area (TPSA) is 57.6 Å². The summed E-state index contributed by atoms with van der Waals surface area (Å²) in [7, 11) is 1.64. The molecule has 144 valence electrons. The Morgan fingerprint density at radius 2 is 1.96 bits per heavy atom. The number of esters is 1. The number of fused-ring (bicyclic) bond motifs is 1. The number of benzene rings is 2. The zero-order valence-corrected chi connectivity index (χ0v) is 18.0. The van der Waals surface area contributed by atoms with Gasteiger partial charge in [-0.05, 0) is 65.4 Å². The summed E-state index contributed by atoms with van der Waals surface area (Å²) in [6.07, 6.45) is 3.88. The van der Waals surface area contributed by atoms with E-state index in [9.17, 15) is 4.79 Å². The van der Waals surface area contributed by atoms with Crippen LogP contribution in [0.5, 0.6) is 17.2 Å². The second-order valence-corrected chi connectivity index (χ2v) is 7.12. The molecule has 0 unspecified atom stereocenters. The minimum absolute atomic E-state index is 0.378. The van der Waals surface area contributed by atoms with E-state index >= 15 is 0 Å². The molecule has 3 aromatic rings. The van der Waals surface area contributed by atoms with Gasteiger partial charge in [0.15, 0.2) is 11.5 Å². The maximum Gasteiger partial charge on any atom is 0.308 e. The van der Waals surface area contributed by atoms with Crippen molar-refractivity contribution in [3.8, 4) is 17.2 Å². The van der Waals surface area contributed by atoms with E-state index in [0.717, 1.165) is 31.5 Å².